The molecule has 4 aromatic rings. The Hall–Kier alpha value is -4.15. The van der Waals surface area contributed by atoms with Crippen molar-refractivity contribution in [1.82, 2.24) is 20.5 Å². The number of fused-ring (bicyclic) bond motifs is 1. The Bertz CT molecular complexity index is 1260. The van der Waals surface area contributed by atoms with Crippen LogP contribution in [0.5, 0.6) is 5.88 Å². The van der Waals surface area contributed by atoms with E-state index in [2.05, 4.69) is 25.8 Å². The zero-order valence-corrected chi connectivity index (χ0v) is 16.6. The predicted molar refractivity (Wildman–Crippen MR) is 108 cm³/mol. The van der Waals surface area contributed by atoms with E-state index in [0.717, 1.165) is 12.1 Å². The summed E-state index contributed by atoms with van der Waals surface area (Å²) < 4.78 is 49.4. The molecule has 4 rings (SSSR count). The van der Waals surface area contributed by atoms with Crippen molar-refractivity contribution in [2.24, 2.45) is 0 Å². The Morgan fingerprint density at radius 3 is 2.62 bits per heavy atom. The third-order valence-electron chi connectivity index (χ3n) is 4.49. The SMILES string of the molecule is CNC(=O)c1cc(COc2nnc(Nc3ccc(C(F)(F)F)cc3)c3ccoc23)ccn1. The average Bonchev–Trinajstić information content (AvgIpc) is 3.28. The van der Waals surface area contributed by atoms with Gasteiger partial charge < -0.3 is 19.8 Å². The number of pyridine rings is 1. The minimum absolute atomic E-state index is 0.0860. The van der Waals surface area contributed by atoms with Gasteiger partial charge in [-0.2, -0.15) is 13.2 Å². The number of alkyl halides is 3. The highest BCUT2D eigenvalue weighted by molar-refractivity contribution is 5.92. The molecule has 1 amide bonds. The van der Waals surface area contributed by atoms with E-state index < -0.39 is 11.7 Å². The Kier molecular flexibility index (Phi) is 5.63. The molecule has 1 aromatic carbocycles. The van der Waals surface area contributed by atoms with Crippen molar-refractivity contribution < 1.29 is 27.1 Å². The maximum absolute atomic E-state index is 12.7. The summed E-state index contributed by atoms with van der Waals surface area (Å²) in [7, 11) is 1.51. The van der Waals surface area contributed by atoms with E-state index in [0.29, 0.717) is 28.0 Å². The lowest BCUT2D eigenvalue weighted by atomic mass is 10.2. The van der Waals surface area contributed by atoms with Gasteiger partial charge in [0.1, 0.15) is 12.3 Å². The summed E-state index contributed by atoms with van der Waals surface area (Å²) in [6.07, 6.45) is -1.49. The maximum Gasteiger partial charge on any atom is 0.416 e. The Labute approximate surface area is 179 Å². The topological polar surface area (TPSA) is 102 Å². The van der Waals surface area contributed by atoms with Crippen LogP contribution in [-0.4, -0.2) is 28.1 Å². The molecule has 11 heteroatoms. The first-order valence-electron chi connectivity index (χ1n) is 9.33. The number of rotatable bonds is 6. The first-order valence-corrected chi connectivity index (χ1v) is 9.33. The van der Waals surface area contributed by atoms with Gasteiger partial charge in [-0.1, -0.05) is 0 Å². The quantitative estimate of drug-likeness (QED) is 0.458. The highest BCUT2D eigenvalue weighted by Gasteiger charge is 2.30. The van der Waals surface area contributed by atoms with E-state index >= 15 is 0 Å². The van der Waals surface area contributed by atoms with Crippen molar-refractivity contribution in [2.75, 3.05) is 12.4 Å². The number of furan rings is 1. The molecule has 0 aliphatic rings. The van der Waals surface area contributed by atoms with Crippen molar-refractivity contribution in [3.8, 4) is 5.88 Å². The van der Waals surface area contributed by atoms with Crippen LogP contribution in [0.4, 0.5) is 24.7 Å². The largest absolute Gasteiger partial charge is 0.469 e. The van der Waals surface area contributed by atoms with Crippen LogP contribution in [0.2, 0.25) is 0 Å². The molecule has 0 aliphatic carbocycles. The molecule has 3 aromatic heterocycles. The fourth-order valence-electron chi connectivity index (χ4n) is 2.89. The van der Waals surface area contributed by atoms with Gasteiger partial charge in [-0.3, -0.25) is 9.78 Å². The van der Waals surface area contributed by atoms with Crippen LogP contribution in [-0.2, 0) is 12.8 Å². The first-order chi connectivity index (χ1) is 15.3. The number of ether oxygens (including phenoxy) is 1. The minimum Gasteiger partial charge on any atom is -0.469 e. The lowest BCUT2D eigenvalue weighted by Gasteiger charge is -2.10. The molecule has 32 heavy (non-hydrogen) atoms. The second kappa shape index (κ2) is 8.53. The highest BCUT2D eigenvalue weighted by atomic mass is 19.4. The molecule has 0 radical (unpaired) electrons. The third-order valence-corrected chi connectivity index (χ3v) is 4.49. The molecule has 8 nitrogen and oxygen atoms in total. The summed E-state index contributed by atoms with van der Waals surface area (Å²) >= 11 is 0. The lowest BCUT2D eigenvalue weighted by Crippen LogP contribution is -2.19. The molecule has 164 valence electrons. The van der Waals surface area contributed by atoms with E-state index in [1.165, 1.54) is 31.6 Å². The Morgan fingerprint density at radius 1 is 1.12 bits per heavy atom. The molecule has 0 unspecified atom stereocenters. The van der Waals surface area contributed by atoms with Gasteiger partial charge in [0, 0.05) is 18.9 Å². The van der Waals surface area contributed by atoms with Crippen molar-refractivity contribution in [2.45, 2.75) is 12.8 Å². The van der Waals surface area contributed by atoms with Crippen LogP contribution in [0.3, 0.4) is 0 Å². The van der Waals surface area contributed by atoms with E-state index in [-0.39, 0.29) is 24.1 Å². The second-order valence-electron chi connectivity index (χ2n) is 6.63. The number of nitrogens with one attached hydrogen (secondary N) is 2. The van der Waals surface area contributed by atoms with E-state index in [1.54, 1.807) is 18.2 Å². The monoisotopic (exact) mass is 443 g/mol. The Morgan fingerprint density at radius 2 is 1.91 bits per heavy atom. The van der Waals surface area contributed by atoms with Crippen molar-refractivity contribution in [3.63, 3.8) is 0 Å². The number of hydrogen-bond donors (Lipinski definition) is 2. The van der Waals surface area contributed by atoms with Crippen LogP contribution < -0.4 is 15.4 Å². The molecular weight excluding hydrogens is 427 g/mol. The molecule has 0 atom stereocenters. The van der Waals surface area contributed by atoms with E-state index in [1.807, 2.05) is 0 Å². The van der Waals surface area contributed by atoms with Crippen LogP contribution in [0, 0.1) is 0 Å². The zero-order chi connectivity index (χ0) is 22.7. The molecular formula is C21H16F3N5O3. The maximum atomic E-state index is 12.7. The summed E-state index contributed by atoms with van der Waals surface area (Å²) in [4.78, 5) is 15.7. The zero-order valence-electron chi connectivity index (χ0n) is 16.6. The number of carbonyl (C=O) groups is 1. The van der Waals surface area contributed by atoms with Gasteiger partial charge in [0.25, 0.3) is 11.8 Å². The fraction of sp³-hybridized carbons (Fsp3) is 0.143. The number of benzene rings is 1. The highest BCUT2D eigenvalue weighted by Crippen LogP contribution is 2.33. The summed E-state index contributed by atoms with van der Waals surface area (Å²) in [6, 6.07) is 9.47. The number of amides is 1. The van der Waals surface area contributed by atoms with Crippen LogP contribution >= 0.6 is 0 Å². The Balaban J connectivity index is 1.52. The predicted octanol–water partition coefficient (Wildman–Crippen LogP) is 4.32. The first kappa shape index (κ1) is 21.1. The van der Waals surface area contributed by atoms with Gasteiger partial charge in [0.15, 0.2) is 5.82 Å². The number of halogens is 3. The van der Waals surface area contributed by atoms with E-state index in [4.69, 9.17) is 9.15 Å². The summed E-state index contributed by atoms with van der Waals surface area (Å²) in [6.45, 7) is 0.0860. The number of carbonyl (C=O) groups excluding carboxylic acids is 1. The van der Waals surface area contributed by atoms with Gasteiger partial charge in [0.2, 0.25) is 5.58 Å². The molecule has 0 fully saturated rings. The van der Waals surface area contributed by atoms with Gasteiger partial charge in [-0.05, 0) is 48.0 Å². The van der Waals surface area contributed by atoms with Gasteiger partial charge >= 0.3 is 6.18 Å². The number of aromatic nitrogens is 3. The van der Waals surface area contributed by atoms with Crippen molar-refractivity contribution in [1.29, 1.82) is 0 Å². The molecule has 0 bridgehead atoms. The molecule has 0 saturated heterocycles. The molecule has 2 N–H and O–H groups in total. The summed E-state index contributed by atoms with van der Waals surface area (Å²) in [5, 5.41) is 14.1. The minimum atomic E-state index is -4.41. The van der Waals surface area contributed by atoms with Crippen LogP contribution in [0.1, 0.15) is 21.6 Å². The molecule has 0 saturated carbocycles. The smallest absolute Gasteiger partial charge is 0.416 e. The molecule has 0 aliphatic heterocycles. The third kappa shape index (κ3) is 4.46. The average molecular weight is 443 g/mol. The van der Waals surface area contributed by atoms with Gasteiger partial charge in [-0.25, -0.2) is 0 Å². The number of nitrogens with zero attached hydrogens (tertiary/aromatic N) is 3. The van der Waals surface area contributed by atoms with Crippen LogP contribution in [0.25, 0.3) is 11.0 Å². The lowest BCUT2D eigenvalue weighted by molar-refractivity contribution is -0.137. The summed E-state index contributed by atoms with van der Waals surface area (Å²) in [5.41, 5.74) is 0.907. The number of hydrogen-bond acceptors (Lipinski definition) is 7. The normalized spacial score (nSPS) is 11.4. The fourth-order valence-corrected chi connectivity index (χ4v) is 2.89. The van der Waals surface area contributed by atoms with Gasteiger partial charge in [-0.15, -0.1) is 10.2 Å². The second-order valence-corrected chi connectivity index (χ2v) is 6.63. The van der Waals surface area contributed by atoms with Gasteiger partial charge in [0.05, 0.1) is 17.2 Å². The van der Waals surface area contributed by atoms with Crippen molar-refractivity contribution >= 4 is 28.4 Å². The molecule has 3 heterocycles. The van der Waals surface area contributed by atoms with E-state index in [9.17, 15) is 18.0 Å². The molecule has 0 spiro atoms. The number of anilines is 2. The van der Waals surface area contributed by atoms with Crippen molar-refractivity contribution in [3.05, 3.63) is 71.7 Å². The summed E-state index contributed by atoms with van der Waals surface area (Å²) in [5.74, 6) is 0.103. The van der Waals surface area contributed by atoms with Crippen LogP contribution in [0.15, 0.2) is 59.3 Å². The standard InChI is InChI=1S/C21H16F3N5O3/c1-25-19(30)16-10-12(6-8-26-16)11-32-20-17-15(7-9-31-17)18(28-29-20)27-14-4-2-13(3-5-14)21(22,23)24/h2-10H,11H2,1H3,(H,25,30)(H,27,28).